The molecule has 2 aromatic heterocycles. The smallest absolute Gasteiger partial charge is 0.230 e. The first-order valence-corrected chi connectivity index (χ1v) is 10.2. The zero-order valence-corrected chi connectivity index (χ0v) is 15.0. The van der Waals surface area contributed by atoms with Gasteiger partial charge in [0.2, 0.25) is 5.91 Å². The van der Waals surface area contributed by atoms with Crippen LogP contribution < -0.4 is 5.32 Å². The Kier molecular flexibility index (Phi) is 4.28. The second-order valence-corrected chi connectivity index (χ2v) is 8.50. The lowest BCUT2D eigenvalue weighted by Gasteiger charge is -2.11. The van der Waals surface area contributed by atoms with Gasteiger partial charge >= 0.3 is 0 Å². The topological polar surface area (TPSA) is 54.9 Å². The van der Waals surface area contributed by atoms with E-state index in [1.807, 2.05) is 18.3 Å². The van der Waals surface area contributed by atoms with Gasteiger partial charge in [-0.15, -0.1) is 11.3 Å². The number of amides is 1. The predicted octanol–water partition coefficient (Wildman–Crippen LogP) is 3.64. The summed E-state index contributed by atoms with van der Waals surface area (Å²) >= 11 is 3.38. The first-order chi connectivity index (χ1) is 11.2. The fourth-order valence-electron chi connectivity index (χ4n) is 3.64. The van der Waals surface area contributed by atoms with Crippen molar-refractivity contribution in [3.8, 4) is 0 Å². The summed E-state index contributed by atoms with van der Waals surface area (Å²) in [6.07, 6.45) is 8.27. The van der Waals surface area contributed by atoms with Gasteiger partial charge in [-0.25, -0.2) is 9.97 Å². The molecule has 0 saturated heterocycles. The lowest BCUT2D eigenvalue weighted by molar-refractivity contribution is -0.119. The lowest BCUT2D eigenvalue weighted by Crippen LogP contribution is -2.33. The molecule has 1 fully saturated rings. The molecule has 0 bridgehead atoms. The second-order valence-electron chi connectivity index (χ2n) is 6.45. The van der Waals surface area contributed by atoms with Crippen LogP contribution in [0.3, 0.4) is 0 Å². The number of thioether (sulfide) groups is 1. The summed E-state index contributed by atoms with van der Waals surface area (Å²) < 4.78 is 0. The van der Waals surface area contributed by atoms with Crippen molar-refractivity contribution < 1.29 is 4.79 Å². The van der Waals surface area contributed by atoms with E-state index in [0.29, 0.717) is 11.8 Å². The summed E-state index contributed by atoms with van der Waals surface area (Å²) in [6, 6.07) is 0.389. The van der Waals surface area contributed by atoms with Gasteiger partial charge in [0, 0.05) is 16.3 Å². The van der Waals surface area contributed by atoms with E-state index >= 15 is 0 Å². The van der Waals surface area contributed by atoms with Gasteiger partial charge in [0.25, 0.3) is 0 Å². The van der Waals surface area contributed by atoms with E-state index in [0.717, 1.165) is 34.9 Å². The summed E-state index contributed by atoms with van der Waals surface area (Å²) in [5, 5.41) is 5.37. The molecule has 2 aliphatic carbocycles. The number of rotatable bonds is 4. The van der Waals surface area contributed by atoms with E-state index in [-0.39, 0.29) is 5.91 Å². The van der Waals surface area contributed by atoms with Gasteiger partial charge in [-0.2, -0.15) is 0 Å². The first kappa shape index (κ1) is 15.4. The predicted molar refractivity (Wildman–Crippen MR) is 95.3 cm³/mol. The molecule has 0 radical (unpaired) electrons. The maximum absolute atomic E-state index is 12.2. The zero-order chi connectivity index (χ0) is 15.8. The highest BCUT2D eigenvalue weighted by atomic mass is 32.2. The Labute approximate surface area is 144 Å². The van der Waals surface area contributed by atoms with Crippen LogP contribution in [0.15, 0.2) is 5.03 Å². The monoisotopic (exact) mass is 347 g/mol. The summed E-state index contributed by atoms with van der Waals surface area (Å²) in [5.41, 5.74) is 1.43. The van der Waals surface area contributed by atoms with E-state index in [9.17, 15) is 4.79 Å². The second kappa shape index (κ2) is 6.40. The molecule has 23 heavy (non-hydrogen) atoms. The molecule has 0 unspecified atom stereocenters. The molecule has 4 nitrogen and oxygen atoms in total. The molecule has 0 aliphatic heterocycles. The Hall–Kier alpha value is -1.14. The van der Waals surface area contributed by atoms with Crippen LogP contribution in [0.5, 0.6) is 0 Å². The molecule has 2 aliphatic rings. The number of nitrogens with zero attached hydrogens (tertiary/aromatic N) is 2. The molecule has 0 atom stereocenters. The average Bonchev–Trinajstić information content (AvgIpc) is 3.21. The quantitative estimate of drug-likeness (QED) is 0.678. The van der Waals surface area contributed by atoms with Crippen LogP contribution in [-0.4, -0.2) is 27.7 Å². The molecule has 6 heteroatoms. The number of hydrogen-bond acceptors (Lipinski definition) is 5. The van der Waals surface area contributed by atoms with Crippen molar-refractivity contribution in [3.63, 3.8) is 0 Å². The van der Waals surface area contributed by atoms with Gasteiger partial charge in [0.05, 0.1) is 5.75 Å². The normalized spacial score (nSPS) is 17.8. The molecule has 1 N–H and O–H groups in total. The van der Waals surface area contributed by atoms with Crippen molar-refractivity contribution in [2.24, 2.45) is 0 Å². The summed E-state index contributed by atoms with van der Waals surface area (Å²) in [7, 11) is 0. The van der Waals surface area contributed by atoms with Gasteiger partial charge < -0.3 is 5.32 Å². The maximum atomic E-state index is 12.2. The molecule has 4 rings (SSSR count). The zero-order valence-electron chi connectivity index (χ0n) is 13.4. The molecule has 0 spiro atoms. The molecule has 122 valence electrons. The largest absolute Gasteiger partial charge is 0.353 e. The number of hydrogen-bond donors (Lipinski definition) is 1. The van der Waals surface area contributed by atoms with Crippen LogP contribution in [-0.2, 0) is 17.6 Å². The number of aryl methyl sites for hydroxylation is 3. The standard InChI is InChI=1S/C17H21N3OS2/c1-10-18-16(22-9-14(21)20-11-5-2-3-6-11)15-12-7-4-8-13(12)23-17(15)19-10/h11H,2-9H2,1H3,(H,20,21). The van der Waals surface area contributed by atoms with Crippen molar-refractivity contribution in [1.82, 2.24) is 15.3 Å². The molecule has 2 heterocycles. The third kappa shape index (κ3) is 3.11. The number of carbonyl (C=O) groups excluding carboxylic acids is 1. The Morgan fingerprint density at radius 2 is 2.09 bits per heavy atom. The molecule has 1 saturated carbocycles. The van der Waals surface area contributed by atoms with E-state index in [4.69, 9.17) is 0 Å². The van der Waals surface area contributed by atoms with Crippen molar-refractivity contribution in [1.29, 1.82) is 0 Å². The average molecular weight is 348 g/mol. The number of fused-ring (bicyclic) bond motifs is 3. The third-order valence-corrected chi connectivity index (χ3v) is 6.86. The van der Waals surface area contributed by atoms with E-state index in [1.165, 1.54) is 41.5 Å². The summed E-state index contributed by atoms with van der Waals surface area (Å²) in [4.78, 5) is 24.0. The molecular weight excluding hydrogens is 326 g/mol. The third-order valence-electron chi connectivity index (χ3n) is 4.70. The fraction of sp³-hybridized carbons (Fsp3) is 0.588. The van der Waals surface area contributed by atoms with Crippen molar-refractivity contribution >= 4 is 39.2 Å². The maximum Gasteiger partial charge on any atom is 0.230 e. The minimum absolute atomic E-state index is 0.137. The van der Waals surface area contributed by atoms with Gasteiger partial charge in [-0.1, -0.05) is 24.6 Å². The number of aromatic nitrogens is 2. The Morgan fingerprint density at radius 3 is 2.91 bits per heavy atom. The van der Waals surface area contributed by atoms with Crippen LogP contribution in [0.1, 0.15) is 48.4 Å². The first-order valence-electron chi connectivity index (χ1n) is 8.42. The molecule has 1 amide bonds. The summed E-state index contributed by atoms with van der Waals surface area (Å²) in [6.45, 7) is 1.94. The van der Waals surface area contributed by atoms with Crippen molar-refractivity contribution in [3.05, 3.63) is 16.3 Å². The van der Waals surface area contributed by atoms with Crippen LogP contribution >= 0.6 is 23.1 Å². The van der Waals surface area contributed by atoms with Crippen LogP contribution in [0, 0.1) is 6.92 Å². The summed E-state index contributed by atoms with van der Waals surface area (Å²) in [5.74, 6) is 1.39. The van der Waals surface area contributed by atoms with E-state index < -0.39 is 0 Å². The molecule has 0 aromatic carbocycles. The Balaban J connectivity index is 1.52. The van der Waals surface area contributed by atoms with Crippen molar-refractivity contribution in [2.45, 2.75) is 62.9 Å². The highest BCUT2D eigenvalue weighted by Gasteiger charge is 2.23. The fourth-order valence-corrected chi connectivity index (χ4v) is 5.93. The molecule has 2 aromatic rings. The SMILES string of the molecule is Cc1nc(SCC(=O)NC2CCCC2)c2c3c(sc2n1)CCC3. The highest BCUT2D eigenvalue weighted by Crippen LogP contribution is 2.40. The van der Waals surface area contributed by atoms with Crippen LogP contribution in [0.25, 0.3) is 10.2 Å². The minimum Gasteiger partial charge on any atom is -0.353 e. The molecular formula is C17H21N3OS2. The van der Waals surface area contributed by atoms with Crippen LogP contribution in [0.4, 0.5) is 0 Å². The Bertz CT molecular complexity index is 750. The number of nitrogens with one attached hydrogen (secondary N) is 1. The van der Waals surface area contributed by atoms with E-state index in [2.05, 4.69) is 15.3 Å². The lowest BCUT2D eigenvalue weighted by atomic mass is 10.2. The highest BCUT2D eigenvalue weighted by molar-refractivity contribution is 8.00. The van der Waals surface area contributed by atoms with Gasteiger partial charge in [-0.3, -0.25) is 4.79 Å². The van der Waals surface area contributed by atoms with Gasteiger partial charge in [-0.05, 0) is 44.6 Å². The Morgan fingerprint density at radius 1 is 1.26 bits per heavy atom. The minimum atomic E-state index is 0.137. The van der Waals surface area contributed by atoms with Gasteiger partial charge in [0.1, 0.15) is 15.7 Å². The van der Waals surface area contributed by atoms with E-state index in [1.54, 1.807) is 11.8 Å². The van der Waals surface area contributed by atoms with Crippen LogP contribution in [0.2, 0.25) is 0 Å². The van der Waals surface area contributed by atoms with Crippen molar-refractivity contribution in [2.75, 3.05) is 5.75 Å². The number of carbonyl (C=O) groups is 1. The number of thiophene rings is 1. The van der Waals surface area contributed by atoms with Gasteiger partial charge in [0.15, 0.2) is 0 Å².